The zero-order chi connectivity index (χ0) is 21.5. The minimum Gasteiger partial charge on any atom is -0.404 e. The lowest BCUT2D eigenvalue weighted by Crippen LogP contribution is -2.44. The van der Waals surface area contributed by atoms with Crippen molar-refractivity contribution < 1.29 is 17.9 Å². The fourth-order valence-electron chi connectivity index (χ4n) is 3.34. The summed E-state index contributed by atoms with van der Waals surface area (Å²) in [7, 11) is 2.07. The third-order valence-corrected chi connectivity index (χ3v) is 5.14. The standard InChI is InChI=1S/C20H17ClF3N5O/c1-3-17-25-15-5-7-18(28-10-8-27(2)9-11-28)26-19(15)29(17)13-4-6-16(14(21)12-13)30-20(22,23)24/h1,4-7,12H,8-11H2,2H3. The van der Waals surface area contributed by atoms with Gasteiger partial charge in [-0.2, -0.15) is 0 Å². The molecule has 6 nitrogen and oxygen atoms in total. The van der Waals surface area contributed by atoms with Crippen molar-refractivity contribution in [2.24, 2.45) is 0 Å². The van der Waals surface area contributed by atoms with Crippen molar-refractivity contribution in [1.29, 1.82) is 0 Å². The van der Waals surface area contributed by atoms with Crippen molar-refractivity contribution in [1.82, 2.24) is 19.4 Å². The van der Waals surface area contributed by atoms with Gasteiger partial charge in [0.25, 0.3) is 0 Å². The van der Waals surface area contributed by atoms with Gasteiger partial charge < -0.3 is 14.5 Å². The number of ether oxygens (including phenoxy) is 1. The monoisotopic (exact) mass is 435 g/mol. The Morgan fingerprint density at radius 1 is 1.10 bits per heavy atom. The Kier molecular flexibility index (Phi) is 5.22. The highest BCUT2D eigenvalue weighted by Crippen LogP contribution is 2.33. The van der Waals surface area contributed by atoms with E-state index in [2.05, 4.69) is 32.5 Å². The Balaban J connectivity index is 1.77. The van der Waals surface area contributed by atoms with Crippen LogP contribution in [0.4, 0.5) is 19.0 Å². The van der Waals surface area contributed by atoms with Crippen molar-refractivity contribution >= 4 is 28.6 Å². The average molecular weight is 436 g/mol. The molecule has 1 saturated heterocycles. The van der Waals surface area contributed by atoms with Crippen LogP contribution in [0.25, 0.3) is 16.9 Å². The van der Waals surface area contributed by atoms with Crippen LogP contribution in [0.15, 0.2) is 30.3 Å². The van der Waals surface area contributed by atoms with E-state index in [0.29, 0.717) is 16.9 Å². The molecule has 0 unspecified atom stereocenters. The van der Waals surface area contributed by atoms with Crippen molar-refractivity contribution in [3.63, 3.8) is 0 Å². The number of aromatic nitrogens is 3. The number of hydrogen-bond acceptors (Lipinski definition) is 5. The summed E-state index contributed by atoms with van der Waals surface area (Å²) in [6.45, 7) is 3.51. The predicted octanol–water partition coefficient (Wildman–Crippen LogP) is 3.71. The summed E-state index contributed by atoms with van der Waals surface area (Å²) < 4.78 is 43.1. The highest BCUT2D eigenvalue weighted by Gasteiger charge is 2.32. The Hall–Kier alpha value is -2.96. The smallest absolute Gasteiger partial charge is 0.404 e. The van der Waals surface area contributed by atoms with E-state index in [1.54, 1.807) is 4.57 Å². The van der Waals surface area contributed by atoms with Gasteiger partial charge in [-0.25, -0.2) is 9.97 Å². The molecule has 4 rings (SSSR count). The molecule has 30 heavy (non-hydrogen) atoms. The predicted molar refractivity (Wildman–Crippen MR) is 108 cm³/mol. The van der Waals surface area contributed by atoms with Crippen molar-refractivity contribution in [3.8, 4) is 23.8 Å². The normalized spacial score (nSPS) is 15.4. The molecule has 1 aliphatic heterocycles. The lowest BCUT2D eigenvalue weighted by atomic mass is 10.3. The van der Waals surface area contributed by atoms with E-state index in [-0.39, 0.29) is 10.8 Å². The number of pyridine rings is 1. The minimum atomic E-state index is -4.84. The van der Waals surface area contributed by atoms with Gasteiger partial charge in [0.1, 0.15) is 17.1 Å². The topological polar surface area (TPSA) is 46.4 Å². The number of likely N-dealkylation sites (N-methyl/N-ethyl adjacent to an activating group) is 1. The van der Waals surface area contributed by atoms with Gasteiger partial charge in [0.2, 0.25) is 0 Å². The number of halogens is 4. The second kappa shape index (κ2) is 7.70. The zero-order valence-corrected chi connectivity index (χ0v) is 16.7. The number of terminal acetylenes is 1. The maximum Gasteiger partial charge on any atom is 0.573 e. The van der Waals surface area contributed by atoms with Gasteiger partial charge in [0, 0.05) is 26.2 Å². The first-order valence-corrected chi connectivity index (χ1v) is 9.48. The molecule has 0 saturated carbocycles. The summed E-state index contributed by atoms with van der Waals surface area (Å²) >= 11 is 6.02. The van der Waals surface area contributed by atoms with Gasteiger partial charge in [0.15, 0.2) is 11.5 Å². The molecule has 156 valence electrons. The quantitative estimate of drug-likeness (QED) is 0.587. The summed E-state index contributed by atoms with van der Waals surface area (Å²) in [4.78, 5) is 13.5. The molecule has 0 amide bonds. The van der Waals surface area contributed by atoms with Gasteiger partial charge in [-0.3, -0.25) is 4.57 Å². The maximum atomic E-state index is 12.5. The number of nitrogens with zero attached hydrogens (tertiary/aromatic N) is 5. The second-order valence-corrected chi connectivity index (χ2v) is 7.29. The molecular formula is C20H17ClF3N5O. The molecule has 0 aliphatic carbocycles. The number of benzene rings is 1. The fourth-order valence-corrected chi connectivity index (χ4v) is 3.55. The molecule has 3 aromatic rings. The molecule has 0 radical (unpaired) electrons. The average Bonchev–Trinajstić information content (AvgIpc) is 3.07. The van der Waals surface area contributed by atoms with Crippen LogP contribution < -0.4 is 9.64 Å². The molecule has 0 atom stereocenters. The number of anilines is 1. The third kappa shape index (κ3) is 4.01. The van der Waals surface area contributed by atoms with E-state index in [1.165, 1.54) is 12.1 Å². The molecule has 2 aromatic heterocycles. The minimum absolute atomic E-state index is 0.204. The second-order valence-electron chi connectivity index (χ2n) is 6.88. The summed E-state index contributed by atoms with van der Waals surface area (Å²) in [5, 5.41) is -0.204. The first-order valence-electron chi connectivity index (χ1n) is 9.10. The summed E-state index contributed by atoms with van der Waals surface area (Å²) in [5.74, 6) is 3.06. The van der Waals surface area contributed by atoms with Crippen molar-refractivity contribution in [2.45, 2.75) is 6.36 Å². The van der Waals surface area contributed by atoms with Gasteiger partial charge >= 0.3 is 6.36 Å². The van der Waals surface area contributed by atoms with Crippen LogP contribution in [0, 0.1) is 12.3 Å². The molecule has 1 fully saturated rings. The number of fused-ring (bicyclic) bond motifs is 1. The number of alkyl halides is 3. The van der Waals surface area contributed by atoms with Crippen LogP contribution in [0.2, 0.25) is 5.02 Å². The molecule has 0 N–H and O–H groups in total. The van der Waals surface area contributed by atoms with Crippen LogP contribution in [0.5, 0.6) is 5.75 Å². The zero-order valence-electron chi connectivity index (χ0n) is 15.9. The Morgan fingerprint density at radius 2 is 1.83 bits per heavy atom. The van der Waals surface area contributed by atoms with E-state index < -0.39 is 12.1 Å². The SMILES string of the molecule is C#Cc1nc2ccc(N3CCN(C)CC3)nc2n1-c1ccc(OC(F)(F)F)c(Cl)c1. The highest BCUT2D eigenvalue weighted by molar-refractivity contribution is 6.32. The van der Waals surface area contributed by atoms with Crippen LogP contribution in [-0.4, -0.2) is 59.0 Å². The Bertz CT molecular complexity index is 1130. The molecule has 1 aliphatic rings. The lowest BCUT2D eigenvalue weighted by Gasteiger charge is -2.33. The number of hydrogen-bond donors (Lipinski definition) is 0. The fraction of sp³-hybridized carbons (Fsp3) is 0.300. The van der Waals surface area contributed by atoms with Gasteiger partial charge in [-0.15, -0.1) is 19.6 Å². The van der Waals surface area contributed by atoms with E-state index >= 15 is 0 Å². The van der Waals surface area contributed by atoms with Crippen LogP contribution in [-0.2, 0) is 0 Å². The number of piperazine rings is 1. The van der Waals surface area contributed by atoms with Crippen molar-refractivity contribution in [3.05, 3.63) is 41.2 Å². The van der Waals surface area contributed by atoms with E-state index in [0.717, 1.165) is 38.1 Å². The summed E-state index contributed by atoms with van der Waals surface area (Å²) in [6.07, 6.45) is 0.778. The van der Waals surface area contributed by atoms with Crippen LogP contribution >= 0.6 is 11.6 Å². The third-order valence-electron chi connectivity index (χ3n) is 4.85. The molecule has 1 aromatic carbocycles. The van der Waals surface area contributed by atoms with E-state index in [1.807, 2.05) is 12.1 Å². The molecule has 0 bridgehead atoms. The van der Waals surface area contributed by atoms with Gasteiger partial charge in [-0.1, -0.05) is 11.6 Å². The molecule has 0 spiro atoms. The number of rotatable bonds is 3. The molecular weight excluding hydrogens is 419 g/mol. The van der Waals surface area contributed by atoms with E-state index in [4.69, 9.17) is 23.0 Å². The Morgan fingerprint density at radius 3 is 2.47 bits per heavy atom. The van der Waals surface area contributed by atoms with Crippen LogP contribution in [0.1, 0.15) is 5.82 Å². The Labute approximate surface area is 175 Å². The van der Waals surface area contributed by atoms with Gasteiger partial charge in [0.05, 0.1) is 10.7 Å². The first kappa shape index (κ1) is 20.3. The highest BCUT2D eigenvalue weighted by atomic mass is 35.5. The summed E-state index contributed by atoms with van der Waals surface area (Å²) in [6, 6.07) is 7.63. The van der Waals surface area contributed by atoms with Crippen LogP contribution in [0.3, 0.4) is 0 Å². The van der Waals surface area contributed by atoms with Crippen molar-refractivity contribution in [2.75, 3.05) is 38.1 Å². The molecule has 3 heterocycles. The first-order chi connectivity index (χ1) is 14.2. The van der Waals surface area contributed by atoms with E-state index in [9.17, 15) is 13.2 Å². The molecule has 10 heteroatoms. The lowest BCUT2D eigenvalue weighted by molar-refractivity contribution is -0.274. The van der Waals surface area contributed by atoms with Gasteiger partial charge in [-0.05, 0) is 43.3 Å². The maximum absolute atomic E-state index is 12.5. The summed E-state index contributed by atoms with van der Waals surface area (Å²) in [5.41, 5.74) is 1.51. The number of imidazole rings is 1. The largest absolute Gasteiger partial charge is 0.573 e.